The van der Waals surface area contributed by atoms with Crippen LogP contribution in [0.3, 0.4) is 0 Å². The normalized spacial score (nSPS) is 14.4. The molecule has 8 nitrogen and oxygen atoms in total. The van der Waals surface area contributed by atoms with E-state index < -0.39 is 5.97 Å². The van der Waals surface area contributed by atoms with E-state index in [0.717, 1.165) is 24.5 Å². The van der Waals surface area contributed by atoms with Gasteiger partial charge in [-0.05, 0) is 18.9 Å². The Morgan fingerprint density at radius 2 is 2.14 bits per heavy atom. The van der Waals surface area contributed by atoms with Crippen molar-refractivity contribution in [1.82, 2.24) is 9.97 Å². The third-order valence-electron chi connectivity index (χ3n) is 4.32. The van der Waals surface area contributed by atoms with Crippen LogP contribution in [-0.2, 0) is 16.0 Å². The largest absolute Gasteiger partial charge is 0.481 e. The van der Waals surface area contributed by atoms with Gasteiger partial charge < -0.3 is 14.7 Å². The topological polar surface area (TPSA) is 99.9 Å². The molecule has 0 bridgehead atoms. The molecule has 1 aliphatic heterocycles. The minimum Gasteiger partial charge on any atom is -0.481 e. The van der Waals surface area contributed by atoms with Gasteiger partial charge in [0.1, 0.15) is 11.6 Å². The van der Waals surface area contributed by atoms with E-state index in [1.807, 2.05) is 37.3 Å². The molecule has 28 heavy (non-hydrogen) atoms. The summed E-state index contributed by atoms with van der Waals surface area (Å²) < 4.78 is 5.41. The number of aliphatic carboxylic acids is 1. The first-order chi connectivity index (χ1) is 13.6. The number of carboxylic acid groups (broad SMARTS) is 1. The number of aromatic nitrogens is 2. The highest BCUT2D eigenvalue weighted by Gasteiger charge is 2.15. The molecule has 3 rings (SSSR count). The van der Waals surface area contributed by atoms with Crippen LogP contribution in [0.15, 0.2) is 35.4 Å². The fourth-order valence-corrected chi connectivity index (χ4v) is 2.93. The molecule has 1 aromatic heterocycles. The summed E-state index contributed by atoms with van der Waals surface area (Å²) >= 11 is 0. The first-order valence-electron chi connectivity index (χ1n) is 9.38. The number of ether oxygens (including phenoxy) is 1. The van der Waals surface area contributed by atoms with E-state index in [-0.39, 0.29) is 6.42 Å². The number of hydrogen-bond acceptors (Lipinski definition) is 7. The second-order valence-electron chi connectivity index (χ2n) is 6.66. The van der Waals surface area contributed by atoms with Crippen molar-refractivity contribution in [3.63, 3.8) is 0 Å². The molecule has 1 saturated heterocycles. The van der Waals surface area contributed by atoms with Crippen LogP contribution in [0.4, 0.5) is 11.6 Å². The quantitative estimate of drug-likeness (QED) is 0.533. The Balaban J connectivity index is 1.74. The molecule has 0 unspecified atom stereocenters. The van der Waals surface area contributed by atoms with E-state index in [0.29, 0.717) is 37.7 Å². The number of morpholine rings is 1. The SMILES string of the molecule is Cc1cccc(/C=N/Nc2cc(N3CCOCC3)nc(CCCC(=O)O)n2)c1. The Hall–Kier alpha value is -3.00. The van der Waals surface area contributed by atoms with Crippen LogP contribution < -0.4 is 10.3 Å². The van der Waals surface area contributed by atoms with Gasteiger partial charge in [0.2, 0.25) is 0 Å². The highest BCUT2D eigenvalue weighted by Crippen LogP contribution is 2.18. The average Bonchev–Trinajstić information content (AvgIpc) is 2.68. The Morgan fingerprint density at radius 3 is 2.89 bits per heavy atom. The molecule has 1 aliphatic rings. The van der Waals surface area contributed by atoms with Gasteiger partial charge in [0.25, 0.3) is 0 Å². The summed E-state index contributed by atoms with van der Waals surface area (Å²) in [7, 11) is 0. The number of nitrogens with one attached hydrogen (secondary N) is 1. The van der Waals surface area contributed by atoms with Gasteiger partial charge in [0, 0.05) is 32.0 Å². The zero-order valence-electron chi connectivity index (χ0n) is 16.0. The minimum absolute atomic E-state index is 0.0966. The van der Waals surface area contributed by atoms with Gasteiger partial charge in [-0.2, -0.15) is 5.10 Å². The maximum absolute atomic E-state index is 10.8. The predicted octanol–water partition coefficient (Wildman–Crippen LogP) is 2.47. The summed E-state index contributed by atoms with van der Waals surface area (Å²) in [6, 6.07) is 9.90. The van der Waals surface area contributed by atoms with Crippen LogP contribution in [0.2, 0.25) is 0 Å². The second-order valence-corrected chi connectivity index (χ2v) is 6.66. The molecule has 0 spiro atoms. The highest BCUT2D eigenvalue weighted by atomic mass is 16.5. The summed E-state index contributed by atoms with van der Waals surface area (Å²) in [5.74, 6) is 1.19. The lowest BCUT2D eigenvalue weighted by molar-refractivity contribution is -0.137. The van der Waals surface area contributed by atoms with Crippen molar-refractivity contribution >= 4 is 23.8 Å². The summed E-state index contributed by atoms with van der Waals surface area (Å²) in [6.07, 6.45) is 2.84. The third-order valence-corrected chi connectivity index (χ3v) is 4.32. The fourth-order valence-electron chi connectivity index (χ4n) is 2.93. The van der Waals surface area contributed by atoms with Crippen LogP contribution >= 0.6 is 0 Å². The molecule has 0 amide bonds. The molecule has 2 heterocycles. The standard InChI is InChI=1S/C20H25N5O3/c1-15-4-2-5-16(12-15)14-21-24-18-13-19(25-8-10-28-11-9-25)23-17(22-18)6-3-7-20(26)27/h2,4-5,12-14H,3,6-11H2,1H3,(H,26,27)(H,22,23,24)/b21-14+. The smallest absolute Gasteiger partial charge is 0.303 e. The predicted molar refractivity (Wildman–Crippen MR) is 108 cm³/mol. The molecule has 0 aliphatic carbocycles. The number of benzene rings is 1. The van der Waals surface area contributed by atoms with Crippen molar-refractivity contribution in [2.45, 2.75) is 26.2 Å². The Bertz CT molecular complexity index is 834. The zero-order valence-corrected chi connectivity index (χ0v) is 16.0. The van der Waals surface area contributed by atoms with Crippen molar-refractivity contribution in [3.05, 3.63) is 47.3 Å². The molecule has 0 atom stereocenters. The lowest BCUT2D eigenvalue weighted by Gasteiger charge is -2.28. The van der Waals surface area contributed by atoms with Crippen molar-refractivity contribution in [1.29, 1.82) is 0 Å². The van der Waals surface area contributed by atoms with E-state index in [4.69, 9.17) is 9.84 Å². The summed E-state index contributed by atoms with van der Waals surface area (Å²) in [4.78, 5) is 22.0. The molecular weight excluding hydrogens is 358 g/mol. The van der Waals surface area contributed by atoms with Crippen LogP contribution in [0.5, 0.6) is 0 Å². The lowest BCUT2D eigenvalue weighted by atomic mass is 10.2. The second kappa shape index (κ2) is 9.80. The number of hydrazone groups is 1. The number of anilines is 2. The van der Waals surface area contributed by atoms with E-state index in [1.165, 1.54) is 5.56 Å². The van der Waals surface area contributed by atoms with Gasteiger partial charge in [-0.3, -0.25) is 10.2 Å². The van der Waals surface area contributed by atoms with Crippen molar-refractivity contribution in [2.24, 2.45) is 5.10 Å². The van der Waals surface area contributed by atoms with Crippen molar-refractivity contribution < 1.29 is 14.6 Å². The van der Waals surface area contributed by atoms with Crippen LogP contribution in [0, 0.1) is 6.92 Å². The molecule has 148 valence electrons. The fraction of sp³-hybridized carbons (Fsp3) is 0.400. The minimum atomic E-state index is -0.814. The molecule has 0 radical (unpaired) electrons. The average molecular weight is 383 g/mol. The molecule has 1 aromatic carbocycles. The highest BCUT2D eigenvalue weighted by molar-refractivity contribution is 5.80. The number of aryl methyl sites for hydroxylation is 2. The Labute approximate surface area is 164 Å². The zero-order chi connectivity index (χ0) is 19.8. The maximum atomic E-state index is 10.8. The first-order valence-corrected chi connectivity index (χ1v) is 9.38. The summed E-state index contributed by atoms with van der Waals surface area (Å²) in [5.41, 5.74) is 5.14. The summed E-state index contributed by atoms with van der Waals surface area (Å²) in [5, 5.41) is 13.1. The van der Waals surface area contributed by atoms with Crippen LogP contribution in [0.1, 0.15) is 29.8 Å². The van der Waals surface area contributed by atoms with Crippen LogP contribution in [0.25, 0.3) is 0 Å². The number of carboxylic acids is 1. The monoisotopic (exact) mass is 383 g/mol. The molecule has 1 fully saturated rings. The van der Waals surface area contributed by atoms with E-state index in [2.05, 4.69) is 25.4 Å². The van der Waals surface area contributed by atoms with E-state index in [9.17, 15) is 4.79 Å². The first kappa shape index (κ1) is 19.8. The van der Waals surface area contributed by atoms with Gasteiger partial charge in [-0.25, -0.2) is 9.97 Å². The Kier molecular flexibility index (Phi) is 6.91. The van der Waals surface area contributed by atoms with Crippen molar-refractivity contribution in [3.8, 4) is 0 Å². The van der Waals surface area contributed by atoms with Crippen LogP contribution in [-0.4, -0.2) is 53.6 Å². The molecule has 0 saturated carbocycles. The molecule has 2 N–H and O–H groups in total. The van der Waals surface area contributed by atoms with Gasteiger partial charge in [-0.15, -0.1) is 0 Å². The number of rotatable bonds is 8. The third kappa shape index (κ3) is 6.02. The maximum Gasteiger partial charge on any atom is 0.303 e. The number of carbonyl (C=O) groups is 1. The van der Waals surface area contributed by atoms with E-state index in [1.54, 1.807) is 6.21 Å². The molecule has 8 heteroatoms. The van der Waals surface area contributed by atoms with E-state index >= 15 is 0 Å². The summed E-state index contributed by atoms with van der Waals surface area (Å²) in [6.45, 7) is 4.88. The Morgan fingerprint density at radius 1 is 1.32 bits per heavy atom. The van der Waals surface area contributed by atoms with Gasteiger partial charge in [0.05, 0.1) is 19.4 Å². The molecular formula is C20H25N5O3. The number of nitrogens with zero attached hydrogens (tertiary/aromatic N) is 4. The van der Waals surface area contributed by atoms with Gasteiger partial charge in [-0.1, -0.05) is 29.8 Å². The molecule has 2 aromatic rings. The number of hydrogen-bond donors (Lipinski definition) is 2. The lowest BCUT2D eigenvalue weighted by Crippen LogP contribution is -2.37. The van der Waals surface area contributed by atoms with Gasteiger partial charge in [0.15, 0.2) is 5.82 Å². The van der Waals surface area contributed by atoms with Gasteiger partial charge >= 0.3 is 5.97 Å². The van der Waals surface area contributed by atoms with Crippen molar-refractivity contribution in [2.75, 3.05) is 36.6 Å².